The maximum absolute atomic E-state index is 4.29. The molecule has 3 N–H and O–H groups in total. The number of aromatic amines is 2. The summed E-state index contributed by atoms with van der Waals surface area (Å²) in [6.45, 7) is 7.03. The molecule has 2 aromatic heterocycles. The van der Waals surface area contributed by atoms with E-state index in [0.717, 1.165) is 30.2 Å². The summed E-state index contributed by atoms with van der Waals surface area (Å²) in [5, 5.41) is 10.7. The molecule has 0 amide bonds. The number of nitrogens with one attached hydrogen (secondary N) is 3. The summed E-state index contributed by atoms with van der Waals surface area (Å²) in [7, 11) is 0. The largest absolute Gasteiger partial charge is 0.347 e. The predicted octanol–water partition coefficient (Wildman–Crippen LogP) is 1.99. The second-order valence-corrected chi connectivity index (χ2v) is 4.23. The Hall–Kier alpha value is -1.62. The first-order chi connectivity index (χ1) is 8.22. The van der Waals surface area contributed by atoms with Crippen molar-refractivity contribution < 1.29 is 0 Å². The van der Waals surface area contributed by atoms with E-state index in [9.17, 15) is 0 Å². The molecule has 17 heavy (non-hydrogen) atoms. The average Bonchev–Trinajstić information content (AvgIpc) is 2.94. The number of hydrogen-bond acceptors (Lipinski definition) is 3. The van der Waals surface area contributed by atoms with Crippen LogP contribution in [0.25, 0.3) is 0 Å². The van der Waals surface area contributed by atoms with Crippen LogP contribution in [-0.2, 0) is 6.54 Å². The number of imidazole rings is 1. The van der Waals surface area contributed by atoms with Gasteiger partial charge in [0.25, 0.3) is 0 Å². The summed E-state index contributed by atoms with van der Waals surface area (Å²) in [6.07, 6.45) is 4.64. The zero-order valence-electron chi connectivity index (χ0n) is 10.5. The maximum atomic E-state index is 4.29. The average molecular weight is 233 g/mol. The minimum atomic E-state index is 0.263. The van der Waals surface area contributed by atoms with Gasteiger partial charge in [-0.15, -0.1) is 0 Å². The fourth-order valence-corrected chi connectivity index (χ4v) is 1.96. The molecule has 0 aromatic carbocycles. The van der Waals surface area contributed by atoms with E-state index >= 15 is 0 Å². The Labute approximate surface area is 101 Å². The van der Waals surface area contributed by atoms with E-state index in [0.29, 0.717) is 0 Å². The van der Waals surface area contributed by atoms with Crippen molar-refractivity contribution in [2.75, 3.05) is 0 Å². The highest BCUT2D eigenvalue weighted by Gasteiger charge is 2.13. The van der Waals surface area contributed by atoms with E-state index < -0.39 is 0 Å². The maximum Gasteiger partial charge on any atom is 0.123 e. The zero-order valence-corrected chi connectivity index (χ0v) is 10.5. The Morgan fingerprint density at radius 2 is 2.24 bits per heavy atom. The molecule has 2 heterocycles. The minimum absolute atomic E-state index is 0.263. The van der Waals surface area contributed by atoms with Crippen LogP contribution in [0.1, 0.15) is 42.2 Å². The Balaban J connectivity index is 2.02. The van der Waals surface area contributed by atoms with E-state index in [2.05, 4.69) is 32.4 Å². The molecule has 0 aliphatic rings. The molecular formula is C12H19N5. The van der Waals surface area contributed by atoms with Gasteiger partial charge >= 0.3 is 0 Å². The molecule has 92 valence electrons. The van der Waals surface area contributed by atoms with Gasteiger partial charge in [-0.3, -0.25) is 5.10 Å². The van der Waals surface area contributed by atoms with Gasteiger partial charge in [0, 0.05) is 30.2 Å². The first-order valence-electron chi connectivity index (χ1n) is 5.95. The van der Waals surface area contributed by atoms with Crippen LogP contribution in [0, 0.1) is 13.8 Å². The number of nitrogens with zero attached hydrogens (tertiary/aromatic N) is 2. The van der Waals surface area contributed by atoms with Gasteiger partial charge in [-0.05, 0) is 20.3 Å². The second kappa shape index (κ2) is 5.14. The molecule has 0 saturated heterocycles. The Morgan fingerprint density at radius 1 is 1.41 bits per heavy atom. The van der Waals surface area contributed by atoms with Crippen LogP contribution < -0.4 is 5.32 Å². The van der Waals surface area contributed by atoms with Crippen molar-refractivity contribution in [2.45, 2.75) is 39.8 Å². The second-order valence-electron chi connectivity index (χ2n) is 4.23. The van der Waals surface area contributed by atoms with Gasteiger partial charge in [-0.25, -0.2) is 4.98 Å². The normalized spacial score (nSPS) is 12.9. The van der Waals surface area contributed by atoms with Crippen molar-refractivity contribution in [1.29, 1.82) is 0 Å². The van der Waals surface area contributed by atoms with Crippen LogP contribution in [0.5, 0.6) is 0 Å². The standard InChI is InChI=1S/C12H19N5/c1-4-11(12-13-5-6-14-12)15-7-10-8(2)16-17-9(10)3/h5-6,11,15H,4,7H2,1-3H3,(H,13,14)(H,16,17). The lowest BCUT2D eigenvalue weighted by atomic mass is 10.1. The van der Waals surface area contributed by atoms with E-state index in [1.807, 2.05) is 20.0 Å². The fraction of sp³-hybridized carbons (Fsp3) is 0.500. The van der Waals surface area contributed by atoms with Gasteiger partial charge in [0.05, 0.1) is 11.7 Å². The third-order valence-electron chi connectivity index (χ3n) is 3.06. The lowest BCUT2D eigenvalue weighted by Gasteiger charge is -2.14. The van der Waals surface area contributed by atoms with Gasteiger partial charge in [0.15, 0.2) is 0 Å². The van der Waals surface area contributed by atoms with E-state index in [4.69, 9.17) is 0 Å². The summed E-state index contributed by atoms with van der Waals surface area (Å²) >= 11 is 0. The first-order valence-corrected chi connectivity index (χ1v) is 5.95. The van der Waals surface area contributed by atoms with Crippen LogP contribution in [0.2, 0.25) is 0 Å². The monoisotopic (exact) mass is 233 g/mol. The highest BCUT2D eigenvalue weighted by Crippen LogP contribution is 2.15. The molecule has 1 atom stereocenters. The van der Waals surface area contributed by atoms with Crippen LogP contribution in [0.3, 0.4) is 0 Å². The Kier molecular flexibility index (Phi) is 3.58. The number of aryl methyl sites for hydroxylation is 2. The zero-order chi connectivity index (χ0) is 12.3. The van der Waals surface area contributed by atoms with Gasteiger partial charge in [0.1, 0.15) is 5.82 Å². The molecule has 5 nitrogen and oxygen atoms in total. The van der Waals surface area contributed by atoms with E-state index in [-0.39, 0.29) is 6.04 Å². The molecule has 0 fully saturated rings. The third-order valence-corrected chi connectivity index (χ3v) is 3.06. The molecule has 0 aliphatic heterocycles. The molecule has 0 radical (unpaired) electrons. The van der Waals surface area contributed by atoms with Crippen molar-refractivity contribution in [3.63, 3.8) is 0 Å². The summed E-state index contributed by atoms with van der Waals surface area (Å²) in [5.41, 5.74) is 3.43. The summed E-state index contributed by atoms with van der Waals surface area (Å²) in [6, 6.07) is 0.263. The predicted molar refractivity (Wildman–Crippen MR) is 66.5 cm³/mol. The van der Waals surface area contributed by atoms with E-state index in [1.54, 1.807) is 6.20 Å². The lowest BCUT2D eigenvalue weighted by Crippen LogP contribution is -2.21. The van der Waals surface area contributed by atoms with Crippen LogP contribution >= 0.6 is 0 Å². The quantitative estimate of drug-likeness (QED) is 0.739. The SMILES string of the molecule is CCC(NCc1c(C)n[nH]c1C)c1ncc[nH]1. The molecule has 2 rings (SSSR count). The molecule has 1 unspecified atom stereocenters. The third kappa shape index (κ3) is 2.55. The van der Waals surface area contributed by atoms with Crippen LogP contribution in [0.15, 0.2) is 12.4 Å². The fourth-order valence-electron chi connectivity index (χ4n) is 1.96. The minimum Gasteiger partial charge on any atom is -0.347 e. The first kappa shape index (κ1) is 11.9. The van der Waals surface area contributed by atoms with Crippen molar-refractivity contribution >= 4 is 0 Å². The van der Waals surface area contributed by atoms with Crippen LogP contribution in [-0.4, -0.2) is 20.2 Å². The van der Waals surface area contributed by atoms with Gasteiger partial charge in [-0.1, -0.05) is 6.92 Å². The highest BCUT2D eigenvalue weighted by atomic mass is 15.1. The topological polar surface area (TPSA) is 69.4 Å². The smallest absolute Gasteiger partial charge is 0.123 e. The summed E-state index contributed by atoms with van der Waals surface area (Å²) < 4.78 is 0. The van der Waals surface area contributed by atoms with Crippen LogP contribution in [0.4, 0.5) is 0 Å². The summed E-state index contributed by atoms with van der Waals surface area (Å²) in [4.78, 5) is 7.44. The number of hydrogen-bond donors (Lipinski definition) is 3. The number of aromatic nitrogens is 4. The van der Waals surface area contributed by atoms with Crippen molar-refractivity contribution in [3.05, 3.63) is 35.2 Å². The summed E-state index contributed by atoms with van der Waals surface area (Å²) in [5.74, 6) is 0.992. The Morgan fingerprint density at radius 3 is 2.76 bits per heavy atom. The molecule has 5 heteroatoms. The molecule has 0 saturated carbocycles. The Bertz CT molecular complexity index is 438. The van der Waals surface area contributed by atoms with Crippen molar-refractivity contribution in [3.8, 4) is 0 Å². The molecule has 0 aliphatic carbocycles. The van der Waals surface area contributed by atoms with Gasteiger partial charge < -0.3 is 10.3 Å². The van der Waals surface area contributed by atoms with Gasteiger partial charge in [0.2, 0.25) is 0 Å². The van der Waals surface area contributed by atoms with E-state index in [1.165, 1.54) is 5.56 Å². The molecule has 0 bridgehead atoms. The number of rotatable bonds is 5. The van der Waals surface area contributed by atoms with Crippen molar-refractivity contribution in [2.24, 2.45) is 0 Å². The lowest BCUT2D eigenvalue weighted by molar-refractivity contribution is 0.496. The van der Waals surface area contributed by atoms with Crippen molar-refractivity contribution in [1.82, 2.24) is 25.5 Å². The molecule has 0 spiro atoms. The highest BCUT2D eigenvalue weighted by molar-refractivity contribution is 5.23. The molecular weight excluding hydrogens is 214 g/mol. The van der Waals surface area contributed by atoms with Gasteiger partial charge in [-0.2, -0.15) is 5.10 Å². The number of H-pyrrole nitrogens is 2. The molecule has 2 aromatic rings.